The molecule has 0 radical (unpaired) electrons. The molecular weight excluding hydrogens is 494 g/mol. The molecule has 4 heteroatoms. The van der Waals surface area contributed by atoms with Crippen molar-refractivity contribution in [2.24, 2.45) is 5.92 Å². The van der Waals surface area contributed by atoms with Gasteiger partial charge in [-0.05, 0) is 22.4 Å². The minimum atomic E-state index is 0. The van der Waals surface area contributed by atoms with Crippen LogP contribution >= 0.6 is 11.8 Å². The Morgan fingerprint density at radius 3 is 2.34 bits per heavy atom. The molecule has 1 aliphatic heterocycles. The van der Waals surface area contributed by atoms with E-state index in [1.165, 1.54) is 29.4 Å². The molecule has 0 fully saturated rings. The molecule has 0 spiro atoms. The van der Waals surface area contributed by atoms with Gasteiger partial charge in [0.2, 0.25) is 0 Å². The molecule has 29 heavy (non-hydrogen) atoms. The molecule has 5 rings (SSSR count). The number of hydrogen-bond acceptors (Lipinski definition) is 1. The SMILES string of the molecule is C1=CC2C=C(c3ccc4ccccc4c3)SC2=C1.C[C](C)=[Zr+2].[C-]1=CC=CC1.[Cl-].[Cl-]. The number of hydrogen-bond donors (Lipinski definition) is 0. The Kier molecular flexibility index (Phi) is 12.1. The van der Waals surface area contributed by atoms with Gasteiger partial charge >= 0.3 is 41.3 Å². The van der Waals surface area contributed by atoms with Crippen molar-refractivity contribution in [3.63, 3.8) is 0 Å². The quantitative estimate of drug-likeness (QED) is 0.510. The summed E-state index contributed by atoms with van der Waals surface area (Å²) in [5.41, 5.74) is 1.34. The van der Waals surface area contributed by atoms with Gasteiger partial charge in [-0.3, -0.25) is 6.08 Å². The summed E-state index contributed by atoms with van der Waals surface area (Å²) in [5, 5.41) is 2.63. The fraction of sp³-hybridized carbons (Fsp3) is 0.160. The summed E-state index contributed by atoms with van der Waals surface area (Å²) in [6, 6.07) is 15.3. The molecule has 1 atom stereocenters. The van der Waals surface area contributed by atoms with E-state index in [-0.39, 0.29) is 24.8 Å². The maximum Gasteiger partial charge on any atom is -0.109 e. The molecule has 3 aliphatic rings. The normalized spacial score (nSPS) is 17.0. The van der Waals surface area contributed by atoms with Gasteiger partial charge in [0.05, 0.1) is 0 Å². The summed E-state index contributed by atoms with van der Waals surface area (Å²) in [6.07, 6.45) is 19.0. The first kappa shape index (κ1) is 26.1. The average Bonchev–Trinajstić information content (AvgIpc) is 3.39. The molecule has 148 valence electrons. The Labute approximate surface area is 206 Å². The van der Waals surface area contributed by atoms with Crippen LogP contribution < -0.4 is 24.8 Å². The molecule has 2 aromatic carbocycles. The van der Waals surface area contributed by atoms with Gasteiger partial charge in [-0.2, -0.15) is 6.08 Å². The zero-order valence-electron chi connectivity index (χ0n) is 16.5. The van der Waals surface area contributed by atoms with Gasteiger partial charge in [0.1, 0.15) is 0 Å². The molecule has 0 N–H and O–H groups in total. The van der Waals surface area contributed by atoms with E-state index in [4.69, 9.17) is 0 Å². The standard InChI is InChI=1S/C17H12S.C5H5.C3H6.2ClH.Zr/c1-2-5-13-10-15(9-8-12(13)4-1)17-11-14-6-3-7-16(14)18-17;1-2-4-5-3-1;1-3-2;;;/h1-11,14H;1-3H,4H2;1-2H3;2*1H;/q;-1;;;;+2/p-2. The second-order valence-electron chi connectivity index (χ2n) is 6.68. The van der Waals surface area contributed by atoms with Crippen LogP contribution in [0.4, 0.5) is 0 Å². The van der Waals surface area contributed by atoms with E-state index >= 15 is 0 Å². The van der Waals surface area contributed by atoms with E-state index in [2.05, 4.69) is 92.8 Å². The molecule has 0 nitrogen and oxygen atoms in total. The molecule has 0 aromatic heterocycles. The summed E-state index contributed by atoms with van der Waals surface area (Å²) in [7, 11) is 0. The van der Waals surface area contributed by atoms with Gasteiger partial charge < -0.3 is 24.8 Å². The van der Waals surface area contributed by atoms with Crippen molar-refractivity contribution in [2.45, 2.75) is 20.3 Å². The predicted molar refractivity (Wildman–Crippen MR) is 118 cm³/mol. The fourth-order valence-electron chi connectivity index (χ4n) is 2.88. The van der Waals surface area contributed by atoms with E-state index < -0.39 is 0 Å². The molecular formula is C25H23Cl2SZr-. The van der Waals surface area contributed by atoms with Crippen LogP contribution in [0.2, 0.25) is 0 Å². The second-order valence-corrected chi connectivity index (χ2v) is 10.3. The van der Waals surface area contributed by atoms with Crippen molar-refractivity contribution in [1.82, 2.24) is 0 Å². The van der Waals surface area contributed by atoms with E-state index in [1.54, 1.807) is 24.2 Å². The number of fused-ring (bicyclic) bond motifs is 2. The van der Waals surface area contributed by atoms with E-state index in [0.717, 1.165) is 6.42 Å². The summed E-state index contributed by atoms with van der Waals surface area (Å²) in [4.78, 5) is 2.85. The fourth-order valence-corrected chi connectivity index (χ4v) is 4.02. The number of thioether (sulfide) groups is 1. The van der Waals surface area contributed by atoms with Crippen LogP contribution in [0.25, 0.3) is 15.7 Å². The zero-order valence-corrected chi connectivity index (χ0v) is 21.3. The number of rotatable bonds is 1. The molecule has 2 aromatic rings. The van der Waals surface area contributed by atoms with Gasteiger partial charge in [0.25, 0.3) is 0 Å². The summed E-state index contributed by atoms with van der Waals surface area (Å²) in [5.74, 6) is 0.525. The first-order chi connectivity index (χ1) is 13.1. The minimum absolute atomic E-state index is 0. The number of allylic oxidation sites excluding steroid dienone is 9. The van der Waals surface area contributed by atoms with Crippen LogP contribution in [-0.4, -0.2) is 3.21 Å². The van der Waals surface area contributed by atoms with Crippen molar-refractivity contribution in [2.75, 3.05) is 0 Å². The Balaban J connectivity index is 0.000000324. The van der Waals surface area contributed by atoms with Crippen LogP contribution in [0.15, 0.2) is 89.9 Å². The monoisotopic (exact) mass is 515 g/mol. The Morgan fingerprint density at radius 1 is 1.03 bits per heavy atom. The summed E-state index contributed by atoms with van der Waals surface area (Å²) >= 11 is 3.46. The average molecular weight is 518 g/mol. The first-order valence-electron chi connectivity index (χ1n) is 9.14. The Morgan fingerprint density at radius 2 is 1.76 bits per heavy atom. The molecule has 1 unspecified atom stereocenters. The molecule has 0 bridgehead atoms. The second kappa shape index (κ2) is 13.4. The maximum atomic E-state index is 2.99. The number of benzene rings is 2. The van der Waals surface area contributed by atoms with Crippen molar-refractivity contribution >= 4 is 30.6 Å². The third-order valence-electron chi connectivity index (χ3n) is 4.09. The van der Waals surface area contributed by atoms with Crippen molar-refractivity contribution in [3.05, 3.63) is 102 Å². The number of halogens is 2. The van der Waals surface area contributed by atoms with Gasteiger partial charge in [-0.25, -0.2) is 12.2 Å². The van der Waals surface area contributed by atoms with E-state index in [9.17, 15) is 0 Å². The summed E-state index contributed by atoms with van der Waals surface area (Å²) < 4.78 is 1.51. The van der Waals surface area contributed by atoms with E-state index in [1.807, 2.05) is 23.9 Å². The first-order valence-corrected chi connectivity index (χ1v) is 11.2. The molecule has 0 saturated carbocycles. The topological polar surface area (TPSA) is 0 Å². The molecule has 1 heterocycles. The molecule has 2 aliphatic carbocycles. The molecule has 0 amide bonds. The van der Waals surface area contributed by atoms with Crippen LogP contribution in [0, 0.1) is 12.0 Å². The van der Waals surface area contributed by atoms with Gasteiger partial charge in [-0.15, -0.1) is 6.42 Å². The van der Waals surface area contributed by atoms with Crippen LogP contribution in [0.5, 0.6) is 0 Å². The van der Waals surface area contributed by atoms with Crippen molar-refractivity contribution in [1.29, 1.82) is 0 Å². The third-order valence-corrected chi connectivity index (χ3v) is 5.32. The summed E-state index contributed by atoms with van der Waals surface area (Å²) in [6.45, 7) is 4.25. The van der Waals surface area contributed by atoms with E-state index in [0.29, 0.717) is 5.92 Å². The predicted octanol–water partition coefficient (Wildman–Crippen LogP) is 1.06. The minimum Gasteiger partial charge on any atom is -1.00 e. The largest absolute Gasteiger partial charge is 1.00 e. The van der Waals surface area contributed by atoms with Crippen molar-refractivity contribution < 1.29 is 49.0 Å². The smallest absolute Gasteiger partial charge is 0.109 e. The van der Waals surface area contributed by atoms with Gasteiger partial charge in [0, 0.05) is 15.7 Å². The van der Waals surface area contributed by atoms with Crippen LogP contribution in [-0.2, 0) is 24.2 Å². The molecule has 0 saturated heterocycles. The van der Waals surface area contributed by atoms with Gasteiger partial charge in [-0.1, -0.05) is 72.5 Å². The Hall–Kier alpha value is -0.917. The third kappa shape index (κ3) is 8.02. The van der Waals surface area contributed by atoms with Crippen LogP contribution in [0.3, 0.4) is 0 Å². The Bertz CT molecular complexity index is 969. The van der Waals surface area contributed by atoms with Crippen LogP contribution in [0.1, 0.15) is 25.8 Å². The van der Waals surface area contributed by atoms with Gasteiger partial charge in [0.15, 0.2) is 0 Å². The van der Waals surface area contributed by atoms with Crippen molar-refractivity contribution in [3.8, 4) is 0 Å². The zero-order chi connectivity index (χ0) is 19.1. The maximum absolute atomic E-state index is 2.99.